The third-order valence-electron chi connectivity index (χ3n) is 5.42. The number of nitrogens with zero attached hydrogens (tertiary/aromatic N) is 3. The molecule has 2 N–H and O–H groups in total. The molecule has 31 heavy (non-hydrogen) atoms. The van der Waals surface area contributed by atoms with E-state index in [1.807, 2.05) is 6.07 Å². The molecule has 0 bridgehead atoms. The molecular formula is C22H20FN5O3. The monoisotopic (exact) mass is 421 g/mol. The third-order valence-corrected chi connectivity index (χ3v) is 5.42. The number of carbonyl (C=O) groups is 1. The lowest BCUT2D eigenvalue weighted by atomic mass is 10.1. The molecule has 0 unspecified atom stereocenters. The fraction of sp³-hybridized carbons (Fsp3) is 0.273. The fourth-order valence-corrected chi connectivity index (χ4v) is 3.94. The molecular weight excluding hydrogens is 401 g/mol. The number of hydrogen-bond donors (Lipinski definition) is 2. The number of aryl methyl sites for hydroxylation is 1. The summed E-state index contributed by atoms with van der Waals surface area (Å²) in [6.07, 6.45) is 2.62. The molecule has 0 aliphatic heterocycles. The number of halogens is 1. The average molecular weight is 421 g/mol. The van der Waals surface area contributed by atoms with E-state index in [2.05, 4.69) is 25.8 Å². The summed E-state index contributed by atoms with van der Waals surface area (Å²) in [5, 5.41) is 10.2. The zero-order chi connectivity index (χ0) is 21.4. The van der Waals surface area contributed by atoms with Gasteiger partial charge in [0.05, 0.1) is 17.2 Å². The number of oxazole rings is 1. The lowest BCUT2D eigenvalue weighted by molar-refractivity contribution is 0.0936. The van der Waals surface area contributed by atoms with E-state index in [4.69, 9.17) is 8.94 Å². The number of aromatic nitrogens is 3. The van der Waals surface area contributed by atoms with Gasteiger partial charge in [-0.25, -0.2) is 4.39 Å². The van der Waals surface area contributed by atoms with Gasteiger partial charge in [-0.3, -0.25) is 4.79 Å². The molecule has 0 radical (unpaired) electrons. The van der Waals surface area contributed by atoms with Gasteiger partial charge in [0.1, 0.15) is 11.3 Å². The van der Waals surface area contributed by atoms with Crippen LogP contribution in [0.4, 0.5) is 10.4 Å². The third kappa shape index (κ3) is 3.86. The first kappa shape index (κ1) is 19.2. The van der Waals surface area contributed by atoms with Crippen LogP contribution in [0.3, 0.4) is 0 Å². The largest absolute Gasteiger partial charge is 0.423 e. The molecule has 4 aromatic rings. The van der Waals surface area contributed by atoms with E-state index in [-0.39, 0.29) is 23.8 Å². The standard InChI is InChI=1S/C22H20FN5O3/c1-12-24-21(31-28-12)15-6-3-2-5-14(15)20(29)25-16-7-4-8-17(16)26-22-27-18-10-9-13(23)11-19(18)30-22/h2-3,5-6,9-11,16-17H,4,7-8H2,1H3,(H,25,29)(H,26,27)/t16-,17-/m0/s1. The van der Waals surface area contributed by atoms with Crippen molar-refractivity contribution >= 4 is 23.0 Å². The molecule has 5 rings (SSSR count). The molecule has 2 aromatic heterocycles. The van der Waals surface area contributed by atoms with Gasteiger partial charge in [-0.15, -0.1) is 0 Å². The van der Waals surface area contributed by atoms with Crippen LogP contribution in [0.5, 0.6) is 0 Å². The van der Waals surface area contributed by atoms with E-state index in [9.17, 15) is 9.18 Å². The summed E-state index contributed by atoms with van der Waals surface area (Å²) in [6, 6.07) is 11.5. The maximum atomic E-state index is 13.4. The topological polar surface area (TPSA) is 106 Å². The van der Waals surface area contributed by atoms with Gasteiger partial charge in [0.2, 0.25) is 0 Å². The summed E-state index contributed by atoms with van der Waals surface area (Å²) in [5.74, 6) is 0.215. The van der Waals surface area contributed by atoms with Crippen molar-refractivity contribution in [2.24, 2.45) is 0 Å². The van der Waals surface area contributed by atoms with Crippen LogP contribution < -0.4 is 10.6 Å². The highest BCUT2D eigenvalue weighted by molar-refractivity contribution is 6.00. The van der Waals surface area contributed by atoms with Gasteiger partial charge < -0.3 is 19.6 Å². The lowest BCUT2D eigenvalue weighted by Gasteiger charge is -2.21. The van der Waals surface area contributed by atoms with Gasteiger partial charge in [0.15, 0.2) is 11.4 Å². The molecule has 1 saturated carbocycles. The smallest absolute Gasteiger partial charge is 0.295 e. The SMILES string of the molecule is Cc1noc(-c2ccccc2C(=O)N[C@H]2CCC[C@@H]2Nc2nc3ccc(F)cc3o2)n1. The number of nitrogens with one attached hydrogen (secondary N) is 2. The van der Waals surface area contributed by atoms with E-state index in [0.717, 1.165) is 19.3 Å². The summed E-state index contributed by atoms with van der Waals surface area (Å²) >= 11 is 0. The van der Waals surface area contributed by atoms with Crippen LogP contribution in [0, 0.1) is 12.7 Å². The predicted octanol–water partition coefficient (Wildman–Crippen LogP) is 4.09. The van der Waals surface area contributed by atoms with E-state index < -0.39 is 0 Å². The Hall–Kier alpha value is -3.75. The Labute approximate surface area is 176 Å². The molecule has 2 aromatic carbocycles. The van der Waals surface area contributed by atoms with Crippen molar-refractivity contribution in [2.45, 2.75) is 38.3 Å². The quantitative estimate of drug-likeness (QED) is 0.500. The van der Waals surface area contributed by atoms with Gasteiger partial charge in [-0.05, 0) is 50.5 Å². The number of benzene rings is 2. The highest BCUT2D eigenvalue weighted by Crippen LogP contribution is 2.27. The minimum atomic E-state index is -0.378. The Balaban J connectivity index is 1.33. The summed E-state index contributed by atoms with van der Waals surface area (Å²) in [5.41, 5.74) is 2.01. The second kappa shape index (κ2) is 7.82. The van der Waals surface area contributed by atoms with E-state index in [0.29, 0.717) is 40.0 Å². The molecule has 1 aliphatic rings. The van der Waals surface area contributed by atoms with Crippen LogP contribution in [0.1, 0.15) is 35.4 Å². The summed E-state index contributed by atoms with van der Waals surface area (Å²) < 4.78 is 24.3. The lowest BCUT2D eigenvalue weighted by Crippen LogP contribution is -2.43. The molecule has 9 heteroatoms. The van der Waals surface area contributed by atoms with Gasteiger partial charge in [0.25, 0.3) is 17.8 Å². The van der Waals surface area contributed by atoms with Crippen LogP contribution in [0.15, 0.2) is 51.4 Å². The molecule has 158 valence electrons. The van der Waals surface area contributed by atoms with Crippen LogP contribution in [0.2, 0.25) is 0 Å². The van der Waals surface area contributed by atoms with Crippen LogP contribution in [-0.2, 0) is 0 Å². The number of rotatable bonds is 5. The summed E-state index contributed by atoms with van der Waals surface area (Å²) in [7, 11) is 0. The second-order valence-electron chi connectivity index (χ2n) is 7.59. The molecule has 2 atom stereocenters. The van der Waals surface area contributed by atoms with Gasteiger partial charge in [-0.2, -0.15) is 9.97 Å². The van der Waals surface area contributed by atoms with Gasteiger partial charge in [0, 0.05) is 12.1 Å². The number of anilines is 1. The van der Waals surface area contributed by atoms with Crippen molar-refractivity contribution in [3.8, 4) is 11.5 Å². The predicted molar refractivity (Wildman–Crippen MR) is 111 cm³/mol. The maximum Gasteiger partial charge on any atom is 0.295 e. The molecule has 0 saturated heterocycles. The Morgan fingerprint density at radius 1 is 1.13 bits per heavy atom. The first-order valence-electron chi connectivity index (χ1n) is 10.1. The van der Waals surface area contributed by atoms with E-state index in [1.54, 1.807) is 31.2 Å². The Bertz CT molecular complexity index is 1250. The number of carbonyl (C=O) groups excluding carboxylic acids is 1. The molecule has 1 amide bonds. The molecule has 0 spiro atoms. The number of fused-ring (bicyclic) bond motifs is 1. The zero-order valence-electron chi connectivity index (χ0n) is 16.8. The minimum Gasteiger partial charge on any atom is -0.423 e. The van der Waals surface area contributed by atoms with Gasteiger partial charge in [-0.1, -0.05) is 17.3 Å². The Morgan fingerprint density at radius 3 is 2.81 bits per heavy atom. The normalized spacial score (nSPS) is 18.4. The summed E-state index contributed by atoms with van der Waals surface area (Å²) in [4.78, 5) is 21.7. The summed E-state index contributed by atoms with van der Waals surface area (Å²) in [6.45, 7) is 1.73. The Morgan fingerprint density at radius 2 is 1.97 bits per heavy atom. The van der Waals surface area contributed by atoms with Crippen molar-refractivity contribution in [1.29, 1.82) is 0 Å². The molecule has 8 nitrogen and oxygen atoms in total. The minimum absolute atomic E-state index is 0.0559. The van der Waals surface area contributed by atoms with Gasteiger partial charge >= 0.3 is 0 Å². The van der Waals surface area contributed by atoms with Crippen molar-refractivity contribution < 1.29 is 18.1 Å². The van der Waals surface area contributed by atoms with E-state index >= 15 is 0 Å². The van der Waals surface area contributed by atoms with Crippen LogP contribution in [-0.4, -0.2) is 33.1 Å². The maximum absolute atomic E-state index is 13.4. The van der Waals surface area contributed by atoms with Crippen molar-refractivity contribution in [2.75, 3.05) is 5.32 Å². The molecule has 1 aliphatic carbocycles. The van der Waals surface area contributed by atoms with Crippen LogP contribution >= 0.6 is 0 Å². The van der Waals surface area contributed by atoms with Crippen molar-refractivity contribution in [3.05, 3.63) is 59.7 Å². The average Bonchev–Trinajstić information content (AvgIpc) is 3.48. The fourth-order valence-electron chi connectivity index (χ4n) is 3.94. The molecule has 2 heterocycles. The van der Waals surface area contributed by atoms with Crippen molar-refractivity contribution in [3.63, 3.8) is 0 Å². The first-order valence-corrected chi connectivity index (χ1v) is 10.1. The molecule has 1 fully saturated rings. The first-order chi connectivity index (χ1) is 15.1. The zero-order valence-corrected chi connectivity index (χ0v) is 16.8. The number of hydrogen-bond acceptors (Lipinski definition) is 7. The highest BCUT2D eigenvalue weighted by Gasteiger charge is 2.31. The number of amides is 1. The van der Waals surface area contributed by atoms with Crippen LogP contribution in [0.25, 0.3) is 22.6 Å². The van der Waals surface area contributed by atoms with E-state index in [1.165, 1.54) is 12.1 Å². The Kier molecular flexibility index (Phi) is 4.85. The van der Waals surface area contributed by atoms with Crippen molar-refractivity contribution in [1.82, 2.24) is 20.4 Å². The second-order valence-corrected chi connectivity index (χ2v) is 7.59. The highest BCUT2D eigenvalue weighted by atomic mass is 19.1.